The molecular weight excluding hydrogens is 256 g/mol. The van der Waals surface area contributed by atoms with E-state index in [4.69, 9.17) is 9.47 Å². The van der Waals surface area contributed by atoms with E-state index in [0.29, 0.717) is 17.1 Å². The van der Waals surface area contributed by atoms with E-state index in [9.17, 15) is 4.79 Å². The summed E-state index contributed by atoms with van der Waals surface area (Å²) in [6.45, 7) is 4.98. The minimum atomic E-state index is -0.0180. The first-order chi connectivity index (χ1) is 9.72. The normalized spacial score (nSPS) is 28.2. The molecule has 0 saturated carbocycles. The van der Waals surface area contributed by atoms with Gasteiger partial charge in [0, 0.05) is 38.3 Å². The van der Waals surface area contributed by atoms with Crippen LogP contribution in [0.5, 0.6) is 11.5 Å². The first-order valence-electron chi connectivity index (χ1n) is 6.95. The molecule has 3 aliphatic heterocycles. The molecule has 0 spiro atoms. The summed E-state index contributed by atoms with van der Waals surface area (Å²) in [6, 6.07) is 5.38. The molecule has 0 aromatic heterocycles. The molecule has 1 atom stereocenters. The zero-order valence-corrected chi connectivity index (χ0v) is 12.0. The van der Waals surface area contributed by atoms with Crippen LogP contribution in [-0.4, -0.2) is 68.6 Å². The average molecular weight is 276 g/mol. The van der Waals surface area contributed by atoms with E-state index in [1.165, 1.54) is 0 Å². The zero-order valence-electron chi connectivity index (χ0n) is 12.0. The fourth-order valence-corrected chi connectivity index (χ4v) is 3.05. The van der Waals surface area contributed by atoms with Crippen molar-refractivity contribution < 1.29 is 14.3 Å². The van der Waals surface area contributed by atoms with Crippen molar-refractivity contribution in [1.82, 2.24) is 9.80 Å². The number of nitrogens with zero attached hydrogens (tertiary/aromatic N) is 2. The first kappa shape index (κ1) is 13.4. The van der Waals surface area contributed by atoms with E-state index in [1.54, 1.807) is 26.4 Å². The van der Waals surface area contributed by atoms with Crippen LogP contribution in [0.2, 0.25) is 0 Å². The van der Waals surface area contributed by atoms with Gasteiger partial charge in [-0.1, -0.05) is 0 Å². The average Bonchev–Trinajstić information content (AvgIpc) is 2.54. The van der Waals surface area contributed by atoms with Crippen LogP contribution in [0.3, 0.4) is 0 Å². The van der Waals surface area contributed by atoms with Crippen molar-refractivity contribution in [3.05, 3.63) is 23.8 Å². The molecular formula is C15H20N2O3. The number of ketones is 1. The summed E-state index contributed by atoms with van der Waals surface area (Å²) in [7, 11) is 3.18. The summed E-state index contributed by atoms with van der Waals surface area (Å²) in [6.07, 6.45) is 0. The predicted molar refractivity (Wildman–Crippen MR) is 75.7 cm³/mol. The summed E-state index contributed by atoms with van der Waals surface area (Å²) >= 11 is 0. The molecule has 1 aromatic rings. The Morgan fingerprint density at radius 3 is 2.35 bits per heavy atom. The number of carbonyl (C=O) groups is 1. The van der Waals surface area contributed by atoms with Crippen LogP contribution in [0, 0.1) is 0 Å². The molecule has 1 unspecified atom stereocenters. The fourth-order valence-electron chi connectivity index (χ4n) is 3.05. The SMILES string of the molecule is COc1ccc(C(=O)C2CN3CCN2CC3)cc1OC. The lowest BCUT2D eigenvalue weighted by Gasteiger charge is -2.46. The maximum absolute atomic E-state index is 12.7. The number of carbonyl (C=O) groups excluding carboxylic acids is 1. The summed E-state index contributed by atoms with van der Waals surface area (Å²) in [5.74, 6) is 1.43. The summed E-state index contributed by atoms with van der Waals surface area (Å²) < 4.78 is 10.5. The zero-order chi connectivity index (χ0) is 14.1. The Morgan fingerprint density at radius 2 is 1.80 bits per heavy atom. The van der Waals surface area contributed by atoms with Gasteiger partial charge in [0.2, 0.25) is 0 Å². The molecule has 0 amide bonds. The minimum absolute atomic E-state index is 0.0180. The van der Waals surface area contributed by atoms with Crippen molar-refractivity contribution in [2.45, 2.75) is 6.04 Å². The number of ether oxygens (including phenoxy) is 2. The van der Waals surface area contributed by atoms with Gasteiger partial charge in [0.05, 0.1) is 20.3 Å². The molecule has 0 radical (unpaired) electrons. The molecule has 0 aliphatic carbocycles. The van der Waals surface area contributed by atoms with E-state index >= 15 is 0 Å². The smallest absolute Gasteiger partial charge is 0.181 e. The highest BCUT2D eigenvalue weighted by Crippen LogP contribution is 2.29. The van der Waals surface area contributed by atoms with Crippen molar-refractivity contribution in [3.63, 3.8) is 0 Å². The summed E-state index contributed by atoms with van der Waals surface area (Å²) in [5, 5.41) is 0. The number of Topliss-reactive ketones (excluding diaryl/α,β-unsaturated/α-hetero) is 1. The maximum Gasteiger partial charge on any atom is 0.181 e. The van der Waals surface area contributed by atoms with Crippen molar-refractivity contribution in [2.75, 3.05) is 46.9 Å². The van der Waals surface area contributed by atoms with Crippen LogP contribution >= 0.6 is 0 Å². The second kappa shape index (κ2) is 5.42. The van der Waals surface area contributed by atoms with Crippen LogP contribution in [0.4, 0.5) is 0 Å². The van der Waals surface area contributed by atoms with Gasteiger partial charge in [-0.25, -0.2) is 0 Å². The number of hydrogen-bond donors (Lipinski definition) is 0. The Balaban J connectivity index is 1.83. The molecule has 3 heterocycles. The topological polar surface area (TPSA) is 42.0 Å². The number of fused-ring (bicyclic) bond motifs is 3. The van der Waals surface area contributed by atoms with Gasteiger partial charge in [-0.05, 0) is 18.2 Å². The monoisotopic (exact) mass is 276 g/mol. The second-order valence-electron chi connectivity index (χ2n) is 5.29. The lowest BCUT2D eigenvalue weighted by atomic mass is 9.98. The largest absolute Gasteiger partial charge is 0.493 e. The molecule has 20 heavy (non-hydrogen) atoms. The van der Waals surface area contributed by atoms with Gasteiger partial charge in [-0.2, -0.15) is 0 Å². The van der Waals surface area contributed by atoms with E-state index in [-0.39, 0.29) is 11.8 Å². The van der Waals surface area contributed by atoms with Gasteiger partial charge < -0.3 is 9.47 Å². The summed E-state index contributed by atoms with van der Waals surface area (Å²) in [4.78, 5) is 17.3. The predicted octanol–water partition coefficient (Wildman–Crippen LogP) is 0.886. The van der Waals surface area contributed by atoms with Gasteiger partial charge in [0.15, 0.2) is 17.3 Å². The third-order valence-electron chi connectivity index (χ3n) is 4.25. The lowest BCUT2D eigenvalue weighted by Crippen LogP contribution is -2.63. The van der Waals surface area contributed by atoms with Crippen molar-refractivity contribution in [3.8, 4) is 11.5 Å². The number of hydrogen-bond acceptors (Lipinski definition) is 5. The van der Waals surface area contributed by atoms with Gasteiger partial charge in [0.25, 0.3) is 0 Å². The van der Waals surface area contributed by atoms with Crippen LogP contribution in [0.1, 0.15) is 10.4 Å². The molecule has 3 aliphatic rings. The number of benzene rings is 1. The Hall–Kier alpha value is -1.59. The third kappa shape index (κ3) is 2.27. The van der Waals surface area contributed by atoms with E-state index in [0.717, 1.165) is 32.7 Å². The molecule has 1 aromatic carbocycles. The van der Waals surface area contributed by atoms with Gasteiger partial charge >= 0.3 is 0 Å². The first-order valence-corrected chi connectivity index (χ1v) is 6.95. The molecule has 3 saturated heterocycles. The fraction of sp³-hybridized carbons (Fsp3) is 0.533. The van der Waals surface area contributed by atoms with Gasteiger partial charge in [0.1, 0.15) is 0 Å². The van der Waals surface area contributed by atoms with Crippen molar-refractivity contribution >= 4 is 5.78 Å². The molecule has 4 rings (SSSR count). The Labute approximate surface area is 119 Å². The van der Waals surface area contributed by atoms with Crippen LogP contribution in [0.15, 0.2) is 18.2 Å². The van der Waals surface area contributed by atoms with Gasteiger partial charge in [-0.3, -0.25) is 14.6 Å². The third-order valence-corrected chi connectivity index (χ3v) is 4.25. The Morgan fingerprint density at radius 1 is 1.10 bits per heavy atom. The maximum atomic E-state index is 12.7. The Bertz CT molecular complexity index is 510. The number of piperazine rings is 3. The highest BCUT2D eigenvalue weighted by atomic mass is 16.5. The highest BCUT2D eigenvalue weighted by molar-refractivity contribution is 6.01. The minimum Gasteiger partial charge on any atom is -0.493 e. The lowest BCUT2D eigenvalue weighted by molar-refractivity contribution is 0.0159. The molecule has 5 nitrogen and oxygen atoms in total. The second-order valence-corrected chi connectivity index (χ2v) is 5.29. The van der Waals surface area contributed by atoms with E-state index < -0.39 is 0 Å². The number of rotatable bonds is 4. The molecule has 108 valence electrons. The molecule has 3 fully saturated rings. The summed E-state index contributed by atoms with van der Waals surface area (Å²) in [5.41, 5.74) is 0.696. The van der Waals surface area contributed by atoms with Crippen molar-refractivity contribution in [1.29, 1.82) is 0 Å². The van der Waals surface area contributed by atoms with Crippen LogP contribution in [0.25, 0.3) is 0 Å². The van der Waals surface area contributed by atoms with E-state index in [1.807, 2.05) is 6.07 Å². The van der Waals surface area contributed by atoms with E-state index in [2.05, 4.69) is 9.80 Å². The van der Waals surface area contributed by atoms with Crippen molar-refractivity contribution in [2.24, 2.45) is 0 Å². The standard InChI is InChI=1S/C15H20N2O3/c1-19-13-4-3-11(9-14(13)20-2)15(18)12-10-16-5-7-17(12)8-6-16/h3-4,9,12H,5-8,10H2,1-2H3. The van der Waals surface area contributed by atoms with Gasteiger partial charge in [-0.15, -0.1) is 0 Å². The molecule has 5 heteroatoms. The molecule has 0 N–H and O–H groups in total. The molecule has 2 bridgehead atoms. The van der Waals surface area contributed by atoms with Crippen LogP contribution in [-0.2, 0) is 0 Å². The highest BCUT2D eigenvalue weighted by Gasteiger charge is 2.36. The van der Waals surface area contributed by atoms with Crippen LogP contribution < -0.4 is 9.47 Å². The Kier molecular flexibility index (Phi) is 3.63. The number of methoxy groups -OCH3 is 2. The quantitative estimate of drug-likeness (QED) is 0.764.